The second-order valence-electron chi connectivity index (χ2n) is 7.96. The van der Waals surface area contributed by atoms with Crippen molar-refractivity contribution in [2.24, 2.45) is 0 Å². The van der Waals surface area contributed by atoms with E-state index in [0.29, 0.717) is 13.0 Å². The third kappa shape index (κ3) is 5.28. The Balaban J connectivity index is 1.41. The third-order valence-corrected chi connectivity index (χ3v) is 7.69. The summed E-state index contributed by atoms with van der Waals surface area (Å²) < 4.78 is 46.2. The number of rotatable bonds is 7. The Morgan fingerprint density at radius 2 is 1.85 bits per heavy atom. The first-order chi connectivity index (χ1) is 15.9. The Hall–Kier alpha value is -3.11. The first kappa shape index (κ1) is 23.1. The molecule has 8 nitrogen and oxygen atoms in total. The van der Waals surface area contributed by atoms with Crippen molar-refractivity contribution in [1.29, 1.82) is 0 Å². The molecule has 0 bridgehead atoms. The molecule has 1 aliphatic rings. The molecule has 0 saturated carbocycles. The number of nitrogens with one attached hydrogen (secondary N) is 1. The van der Waals surface area contributed by atoms with Crippen LogP contribution in [-0.2, 0) is 16.4 Å². The zero-order valence-electron chi connectivity index (χ0n) is 18.2. The van der Waals surface area contributed by atoms with Crippen molar-refractivity contribution in [3.8, 4) is 0 Å². The van der Waals surface area contributed by atoms with E-state index in [2.05, 4.69) is 15.5 Å². The van der Waals surface area contributed by atoms with Crippen molar-refractivity contribution in [3.63, 3.8) is 0 Å². The Morgan fingerprint density at radius 3 is 2.55 bits per heavy atom. The van der Waals surface area contributed by atoms with E-state index in [1.807, 2.05) is 6.92 Å². The Labute approximate surface area is 191 Å². The largest absolute Gasteiger partial charge is 0.407 e. The minimum Gasteiger partial charge on any atom is -0.407 e. The number of amides is 1. The second kappa shape index (κ2) is 9.80. The molecule has 0 aliphatic carbocycles. The summed E-state index contributed by atoms with van der Waals surface area (Å²) >= 11 is 0. The number of benzene rings is 2. The highest BCUT2D eigenvalue weighted by atomic mass is 32.2. The van der Waals surface area contributed by atoms with Gasteiger partial charge in [-0.2, -0.15) is 4.31 Å². The van der Waals surface area contributed by atoms with Gasteiger partial charge in [-0.25, -0.2) is 12.8 Å². The number of aromatic nitrogens is 2. The molecule has 33 heavy (non-hydrogen) atoms. The molecular weight excluding hydrogens is 447 g/mol. The first-order valence-electron chi connectivity index (χ1n) is 10.9. The summed E-state index contributed by atoms with van der Waals surface area (Å²) in [6.45, 7) is 2.51. The maximum absolute atomic E-state index is 13.1. The molecule has 3 aromatic rings. The van der Waals surface area contributed by atoms with E-state index in [1.54, 1.807) is 16.4 Å². The molecule has 4 rings (SSSR count). The Bertz CT molecular complexity index is 1210. The van der Waals surface area contributed by atoms with Gasteiger partial charge in [-0.15, -0.1) is 5.10 Å². The average molecular weight is 473 g/mol. The molecule has 2 heterocycles. The number of nitrogens with zero attached hydrogens (tertiary/aromatic N) is 3. The highest BCUT2D eigenvalue weighted by Gasteiger charge is 2.32. The van der Waals surface area contributed by atoms with Crippen LogP contribution in [0.3, 0.4) is 0 Å². The molecule has 1 unspecified atom stereocenters. The predicted octanol–water partition coefficient (Wildman–Crippen LogP) is 4.01. The molecule has 1 aliphatic heterocycles. The molecule has 0 spiro atoms. The van der Waals surface area contributed by atoms with E-state index in [0.717, 1.165) is 31.2 Å². The summed E-state index contributed by atoms with van der Waals surface area (Å²) in [5, 5.41) is 10.2. The van der Waals surface area contributed by atoms with Gasteiger partial charge in [0.1, 0.15) is 5.82 Å². The standard InChI is InChI=1S/C23H25FN4O4S/c1-2-19-5-3-4-14-28(19)33(30,31)20-12-8-17(9-13-20)22(29)25-23-27-26-21(32-23)15-16-6-10-18(24)11-7-16/h6-13,19H,2-5,14-15H2,1H3,(H,25,27,29). The lowest BCUT2D eigenvalue weighted by Gasteiger charge is -2.34. The molecule has 10 heteroatoms. The van der Waals surface area contributed by atoms with Gasteiger partial charge in [0, 0.05) is 18.2 Å². The number of piperidine rings is 1. The highest BCUT2D eigenvalue weighted by Crippen LogP contribution is 2.27. The second-order valence-corrected chi connectivity index (χ2v) is 9.85. The topological polar surface area (TPSA) is 105 Å². The van der Waals surface area contributed by atoms with Gasteiger partial charge in [0.05, 0.1) is 11.3 Å². The van der Waals surface area contributed by atoms with E-state index in [1.165, 1.54) is 36.4 Å². The lowest BCUT2D eigenvalue weighted by molar-refractivity contribution is 0.102. The van der Waals surface area contributed by atoms with Gasteiger partial charge >= 0.3 is 6.01 Å². The number of sulfonamides is 1. The maximum Gasteiger partial charge on any atom is 0.322 e. The van der Waals surface area contributed by atoms with Crippen LogP contribution in [0.15, 0.2) is 57.8 Å². The van der Waals surface area contributed by atoms with Crippen molar-refractivity contribution in [2.45, 2.75) is 50.0 Å². The normalized spacial score (nSPS) is 17.1. The summed E-state index contributed by atoms with van der Waals surface area (Å²) in [5.74, 6) is -0.567. The number of halogens is 1. The summed E-state index contributed by atoms with van der Waals surface area (Å²) in [6, 6.07) is 11.6. The van der Waals surface area contributed by atoms with Crippen LogP contribution in [0.4, 0.5) is 10.4 Å². The monoisotopic (exact) mass is 472 g/mol. The van der Waals surface area contributed by atoms with Crippen LogP contribution in [0.5, 0.6) is 0 Å². The summed E-state index contributed by atoms with van der Waals surface area (Å²) in [7, 11) is -3.62. The van der Waals surface area contributed by atoms with Crippen LogP contribution in [0.2, 0.25) is 0 Å². The van der Waals surface area contributed by atoms with E-state index in [4.69, 9.17) is 4.42 Å². The van der Waals surface area contributed by atoms with Gasteiger partial charge in [-0.3, -0.25) is 10.1 Å². The lowest BCUT2D eigenvalue weighted by atomic mass is 10.0. The zero-order valence-corrected chi connectivity index (χ0v) is 19.0. The number of anilines is 1. The van der Waals surface area contributed by atoms with Gasteiger partial charge in [-0.1, -0.05) is 30.6 Å². The van der Waals surface area contributed by atoms with Gasteiger partial charge in [-0.05, 0) is 61.2 Å². The highest BCUT2D eigenvalue weighted by molar-refractivity contribution is 7.89. The van der Waals surface area contributed by atoms with Crippen molar-refractivity contribution in [2.75, 3.05) is 11.9 Å². The van der Waals surface area contributed by atoms with E-state index >= 15 is 0 Å². The molecule has 1 aromatic heterocycles. The maximum atomic E-state index is 13.1. The van der Waals surface area contributed by atoms with Crippen LogP contribution in [-0.4, -0.2) is 41.4 Å². The molecule has 0 radical (unpaired) electrons. The smallest absolute Gasteiger partial charge is 0.322 e. The van der Waals surface area contributed by atoms with Crippen LogP contribution in [0.1, 0.15) is 54.4 Å². The van der Waals surface area contributed by atoms with Crippen molar-refractivity contribution < 1.29 is 22.0 Å². The van der Waals surface area contributed by atoms with Crippen molar-refractivity contribution >= 4 is 21.9 Å². The van der Waals surface area contributed by atoms with Crippen LogP contribution < -0.4 is 5.32 Å². The SMILES string of the molecule is CCC1CCCCN1S(=O)(=O)c1ccc(C(=O)Nc2nnc(Cc3ccc(F)cc3)o2)cc1. The van der Waals surface area contributed by atoms with Gasteiger partial charge in [0.25, 0.3) is 5.91 Å². The third-order valence-electron chi connectivity index (χ3n) is 5.72. The van der Waals surface area contributed by atoms with E-state index in [9.17, 15) is 17.6 Å². The summed E-state index contributed by atoms with van der Waals surface area (Å²) in [5.41, 5.74) is 1.05. The zero-order chi connectivity index (χ0) is 23.4. The summed E-state index contributed by atoms with van der Waals surface area (Å²) in [4.78, 5) is 12.7. The fourth-order valence-electron chi connectivity index (χ4n) is 3.93. The molecule has 2 aromatic carbocycles. The number of hydrogen-bond donors (Lipinski definition) is 1. The fourth-order valence-corrected chi connectivity index (χ4v) is 5.70. The average Bonchev–Trinajstić information content (AvgIpc) is 3.27. The fraction of sp³-hybridized carbons (Fsp3) is 0.348. The molecule has 174 valence electrons. The minimum atomic E-state index is -3.62. The Morgan fingerprint density at radius 1 is 1.12 bits per heavy atom. The van der Waals surface area contributed by atoms with E-state index < -0.39 is 15.9 Å². The van der Waals surface area contributed by atoms with Gasteiger partial charge in [0.15, 0.2) is 0 Å². The van der Waals surface area contributed by atoms with E-state index in [-0.39, 0.29) is 34.2 Å². The molecule has 1 amide bonds. The van der Waals surface area contributed by atoms with Crippen LogP contribution in [0.25, 0.3) is 0 Å². The molecule has 1 N–H and O–H groups in total. The first-order valence-corrected chi connectivity index (χ1v) is 12.3. The summed E-state index contributed by atoms with van der Waals surface area (Å²) in [6.07, 6.45) is 3.82. The van der Waals surface area contributed by atoms with Crippen LogP contribution in [0, 0.1) is 5.82 Å². The van der Waals surface area contributed by atoms with Crippen molar-refractivity contribution in [1.82, 2.24) is 14.5 Å². The number of carbonyl (C=O) groups is 1. The quantitative estimate of drug-likeness (QED) is 0.557. The molecule has 1 saturated heterocycles. The lowest BCUT2D eigenvalue weighted by Crippen LogP contribution is -2.43. The van der Waals surface area contributed by atoms with Gasteiger partial charge < -0.3 is 4.42 Å². The van der Waals surface area contributed by atoms with Crippen molar-refractivity contribution in [3.05, 3.63) is 71.4 Å². The molecular formula is C23H25FN4O4S. The molecule has 1 atom stereocenters. The molecule has 1 fully saturated rings. The number of carbonyl (C=O) groups excluding carboxylic acids is 1. The van der Waals surface area contributed by atoms with Crippen LogP contribution >= 0.6 is 0 Å². The Kier molecular flexibility index (Phi) is 6.85. The predicted molar refractivity (Wildman–Crippen MR) is 120 cm³/mol. The minimum absolute atomic E-state index is 0.00774. The number of hydrogen-bond acceptors (Lipinski definition) is 6. The van der Waals surface area contributed by atoms with Gasteiger partial charge in [0.2, 0.25) is 15.9 Å².